The minimum absolute atomic E-state index is 0.0215. The topological polar surface area (TPSA) is 114 Å². The molecule has 1 saturated carbocycles. The van der Waals surface area contributed by atoms with Crippen LogP contribution in [0.5, 0.6) is 0 Å². The Hall–Kier alpha value is -2.81. The Morgan fingerprint density at radius 3 is 2.52 bits per heavy atom. The smallest absolute Gasteiger partial charge is 0.326 e. The largest absolute Gasteiger partial charge is 0.480 e. The van der Waals surface area contributed by atoms with Crippen LogP contribution in [-0.4, -0.2) is 43.9 Å². The fourth-order valence-electron chi connectivity index (χ4n) is 2.49. The predicted octanol–water partition coefficient (Wildman–Crippen LogP) is 2.80. The van der Waals surface area contributed by atoms with Crippen molar-refractivity contribution in [1.82, 2.24) is 9.88 Å². The van der Waals surface area contributed by atoms with E-state index in [1.807, 2.05) is 0 Å². The lowest BCUT2D eigenvalue weighted by molar-refractivity contribution is -0.384. The second-order valence-electron chi connectivity index (χ2n) is 5.80. The maximum atomic E-state index is 12.7. The number of rotatable bonds is 6. The summed E-state index contributed by atoms with van der Waals surface area (Å²) in [7, 11) is 0. The van der Waals surface area contributed by atoms with Gasteiger partial charge in [0.25, 0.3) is 11.6 Å². The standard InChI is InChI=1S/C16H15N3O5S/c1-9(16(21)22)18(11-6-7-11)15(20)13-8-25-14(17-13)10-2-4-12(5-3-10)19(23)24/h2-5,8-9,11H,6-7H2,1H3,(H,21,22). The Balaban J connectivity index is 1.83. The van der Waals surface area contributed by atoms with Gasteiger partial charge in [-0.1, -0.05) is 0 Å². The number of hydrogen-bond donors (Lipinski definition) is 1. The highest BCUT2D eigenvalue weighted by atomic mass is 32.1. The number of nitro groups is 1. The number of nitro benzene ring substituents is 1. The molecule has 1 atom stereocenters. The first-order valence-corrected chi connectivity index (χ1v) is 8.52. The summed E-state index contributed by atoms with van der Waals surface area (Å²) in [5.41, 5.74) is 0.837. The monoisotopic (exact) mass is 361 g/mol. The molecule has 0 aliphatic heterocycles. The predicted molar refractivity (Wildman–Crippen MR) is 90.5 cm³/mol. The number of benzene rings is 1. The van der Waals surface area contributed by atoms with Crippen LogP contribution in [0.15, 0.2) is 29.6 Å². The van der Waals surface area contributed by atoms with Crippen molar-refractivity contribution in [3.8, 4) is 10.6 Å². The quantitative estimate of drug-likeness (QED) is 0.625. The molecule has 0 spiro atoms. The maximum absolute atomic E-state index is 12.7. The highest BCUT2D eigenvalue weighted by Crippen LogP contribution is 2.32. The molecule has 9 heteroatoms. The Morgan fingerprint density at radius 2 is 2.00 bits per heavy atom. The fourth-order valence-corrected chi connectivity index (χ4v) is 3.29. The second kappa shape index (κ2) is 6.60. The fraction of sp³-hybridized carbons (Fsp3) is 0.312. The molecule has 1 N–H and O–H groups in total. The molecule has 130 valence electrons. The average molecular weight is 361 g/mol. The van der Waals surface area contributed by atoms with E-state index in [-0.39, 0.29) is 17.4 Å². The Kier molecular flexibility index (Phi) is 4.49. The minimum atomic E-state index is -1.05. The van der Waals surface area contributed by atoms with Crippen LogP contribution in [0.2, 0.25) is 0 Å². The number of carbonyl (C=O) groups is 2. The van der Waals surface area contributed by atoms with Gasteiger partial charge in [0.2, 0.25) is 0 Å². The van der Waals surface area contributed by atoms with Gasteiger partial charge < -0.3 is 10.0 Å². The lowest BCUT2D eigenvalue weighted by atomic mass is 10.2. The van der Waals surface area contributed by atoms with Gasteiger partial charge in [-0.2, -0.15) is 0 Å². The summed E-state index contributed by atoms with van der Waals surface area (Å²) in [6, 6.07) is 4.93. The van der Waals surface area contributed by atoms with Crippen molar-refractivity contribution in [1.29, 1.82) is 0 Å². The number of amides is 1. The SMILES string of the molecule is CC(C(=O)O)N(C(=O)c1csc(-c2ccc([N+](=O)[O-])cc2)n1)C1CC1. The lowest BCUT2D eigenvalue weighted by Gasteiger charge is -2.25. The summed E-state index contributed by atoms with van der Waals surface area (Å²) in [4.78, 5) is 39.8. The zero-order chi connectivity index (χ0) is 18.1. The molecular weight excluding hydrogens is 346 g/mol. The summed E-state index contributed by atoms with van der Waals surface area (Å²) in [6.45, 7) is 1.49. The summed E-state index contributed by atoms with van der Waals surface area (Å²) >= 11 is 1.24. The van der Waals surface area contributed by atoms with Crippen molar-refractivity contribution in [3.63, 3.8) is 0 Å². The third-order valence-corrected chi connectivity index (χ3v) is 4.89. The van der Waals surface area contributed by atoms with Crippen LogP contribution in [0.4, 0.5) is 5.69 Å². The van der Waals surface area contributed by atoms with Gasteiger partial charge in [0, 0.05) is 29.1 Å². The van der Waals surface area contributed by atoms with Gasteiger partial charge in [-0.05, 0) is 31.9 Å². The Morgan fingerprint density at radius 1 is 1.36 bits per heavy atom. The third kappa shape index (κ3) is 3.50. The van der Waals surface area contributed by atoms with Crippen LogP contribution in [0.25, 0.3) is 10.6 Å². The molecule has 1 fully saturated rings. The molecule has 0 saturated heterocycles. The highest BCUT2D eigenvalue weighted by molar-refractivity contribution is 7.13. The number of thiazole rings is 1. The first-order valence-electron chi connectivity index (χ1n) is 7.64. The minimum Gasteiger partial charge on any atom is -0.480 e. The number of carbonyl (C=O) groups excluding carboxylic acids is 1. The first-order chi connectivity index (χ1) is 11.9. The van der Waals surface area contributed by atoms with Crippen LogP contribution in [0.3, 0.4) is 0 Å². The van der Waals surface area contributed by atoms with Gasteiger partial charge in [-0.25, -0.2) is 9.78 Å². The van der Waals surface area contributed by atoms with Gasteiger partial charge in [-0.15, -0.1) is 11.3 Å². The van der Waals surface area contributed by atoms with E-state index in [9.17, 15) is 24.8 Å². The number of aromatic nitrogens is 1. The molecule has 3 rings (SSSR count). The van der Waals surface area contributed by atoms with Gasteiger partial charge in [0.05, 0.1) is 4.92 Å². The van der Waals surface area contributed by atoms with Crippen molar-refractivity contribution < 1.29 is 19.6 Å². The van der Waals surface area contributed by atoms with E-state index in [0.717, 1.165) is 12.8 Å². The number of non-ortho nitro benzene ring substituents is 1. The van der Waals surface area contributed by atoms with Gasteiger partial charge in [0.1, 0.15) is 16.7 Å². The molecule has 1 aliphatic carbocycles. The second-order valence-corrected chi connectivity index (χ2v) is 6.66. The van der Waals surface area contributed by atoms with Crippen molar-refractivity contribution in [2.24, 2.45) is 0 Å². The number of aliphatic carboxylic acids is 1. The zero-order valence-corrected chi connectivity index (χ0v) is 14.1. The van der Waals surface area contributed by atoms with E-state index in [2.05, 4.69) is 4.98 Å². The van der Waals surface area contributed by atoms with E-state index in [0.29, 0.717) is 10.6 Å². The zero-order valence-electron chi connectivity index (χ0n) is 13.3. The van der Waals surface area contributed by atoms with E-state index in [4.69, 9.17) is 0 Å². The molecule has 25 heavy (non-hydrogen) atoms. The average Bonchev–Trinajstić information content (AvgIpc) is 3.29. The van der Waals surface area contributed by atoms with E-state index in [1.54, 1.807) is 17.5 Å². The van der Waals surface area contributed by atoms with Gasteiger partial charge in [0.15, 0.2) is 0 Å². The van der Waals surface area contributed by atoms with Crippen molar-refractivity contribution in [2.45, 2.75) is 31.8 Å². The summed E-state index contributed by atoms with van der Waals surface area (Å²) in [6.07, 6.45) is 1.59. The molecule has 0 bridgehead atoms. The number of nitrogens with zero attached hydrogens (tertiary/aromatic N) is 3. The van der Waals surface area contributed by atoms with Crippen LogP contribution in [0.1, 0.15) is 30.3 Å². The molecule has 1 aliphatic rings. The van der Waals surface area contributed by atoms with Crippen molar-refractivity contribution in [2.75, 3.05) is 0 Å². The molecule has 2 aromatic rings. The van der Waals surface area contributed by atoms with Crippen molar-refractivity contribution in [3.05, 3.63) is 45.5 Å². The number of carboxylic acid groups (broad SMARTS) is 1. The van der Waals surface area contributed by atoms with Crippen molar-refractivity contribution >= 4 is 28.9 Å². The highest BCUT2D eigenvalue weighted by Gasteiger charge is 2.39. The van der Waals surface area contributed by atoms with Crippen LogP contribution < -0.4 is 0 Å². The first kappa shape index (κ1) is 17.0. The Labute approximate surface area is 146 Å². The third-order valence-electron chi connectivity index (χ3n) is 4.00. The van der Waals surface area contributed by atoms with Crippen LogP contribution in [-0.2, 0) is 4.79 Å². The maximum Gasteiger partial charge on any atom is 0.326 e. The van der Waals surface area contributed by atoms with E-state index in [1.165, 1.54) is 35.3 Å². The normalized spacial score (nSPS) is 14.8. The molecule has 8 nitrogen and oxygen atoms in total. The summed E-state index contributed by atoms with van der Waals surface area (Å²) < 4.78 is 0. The number of carboxylic acids is 1. The molecular formula is C16H15N3O5S. The van der Waals surface area contributed by atoms with E-state index >= 15 is 0 Å². The molecule has 1 aromatic heterocycles. The number of hydrogen-bond acceptors (Lipinski definition) is 6. The van der Waals surface area contributed by atoms with Gasteiger partial charge in [-0.3, -0.25) is 14.9 Å². The molecule has 1 amide bonds. The Bertz CT molecular complexity index is 829. The van der Waals surface area contributed by atoms with Crippen LogP contribution in [0, 0.1) is 10.1 Å². The molecule has 1 aromatic carbocycles. The lowest BCUT2D eigenvalue weighted by Crippen LogP contribution is -2.44. The molecule has 0 radical (unpaired) electrons. The molecule has 1 unspecified atom stereocenters. The van der Waals surface area contributed by atoms with E-state index < -0.39 is 22.8 Å². The van der Waals surface area contributed by atoms with Gasteiger partial charge >= 0.3 is 5.97 Å². The van der Waals surface area contributed by atoms with Crippen LogP contribution >= 0.6 is 11.3 Å². The summed E-state index contributed by atoms with van der Waals surface area (Å²) in [5, 5.41) is 22.1. The molecule has 1 heterocycles. The summed E-state index contributed by atoms with van der Waals surface area (Å²) in [5.74, 6) is -1.45.